The summed E-state index contributed by atoms with van der Waals surface area (Å²) in [4.78, 5) is 52.2. The summed E-state index contributed by atoms with van der Waals surface area (Å²) >= 11 is 6.43. The van der Waals surface area contributed by atoms with Crippen LogP contribution in [0.25, 0.3) is 22.2 Å². The SMILES string of the molecule is CC1(CN2CCN(c3cc(NC(=O)Cn4cc(-c5cc(C=O)c(O)c(F)c5F)c5c(=O)n6c(nc54)CCC6)c(Cl)cn3)CC2)CC1. The lowest BCUT2D eigenvalue weighted by Gasteiger charge is -2.36. The molecule has 5 heterocycles. The third-order valence-corrected chi connectivity index (χ3v) is 9.60. The first-order chi connectivity index (χ1) is 22.0. The third kappa shape index (κ3) is 5.41. The van der Waals surface area contributed by atoms with E-state index in [1.165, 1.54) is 34.4 Å². The van der Waals surface area contributed by atoms with Crippen molar-refractivity contribution in [1.82, 2.24) is 24.0 Å². The van der Waals surface area contributed by atoms with Crippen molar-refractivity contribution in [3.8, 4) is 16.9 Å². The van der Waals surface area contributed by atoms with E-state index in [-0.39, 0.29) is 34.5 Å². The van der Waals surface area contributed by atoms with E-state index in [1.807, 2.05) is 0 Å². The van der Waals surface area contributed by atoms with E-state index in [2.05, 4.69) is 32.0 Å². The largest absolute Gasteiger partial charge is 0.504 e. The number of halogens is 3. The van der Waals surface area contributed by atoms with Gasteiger partial charge >= 0.3 is 0 Å². The lowest BCUT2D eigenvalue weighted by Crippen LogP contribution is -2.48. The van der Waals surface area contributed by atoms with E-state index in [4.69, 9.17) is 11.6 Å². The molecule has 1 saturated carbocycles. The molecule has 0 radical (unpaired) electrons. The molecule has 0 unspecified atom stereocenters. The van der Waals surface area contributed by atoms with Crippen molar-refractivity contribution in [1.29, 1.82) is 0 Å². The molecule has 4 aromatic rings. The second-order valence-corrected chi connectivity index (χ2v) is 13.1. The minimum absolute atomic E-state index is 0.0293. The summed E-state index contributed by atoms with van der Waals surface area (Å²) in [6, 6.07) is 2.70. The molecule has 3 aliphatic rings. The summed E-state index contributed by atoms with van der Waals surface area (Å²) in [7, 11) is 0. The van der Waals surface area contributed by atoms with Crippen LogP contribution in [-0.2, 0) is 24.3 Å². The number of phenols is 1. The summed E-state index contributed by atoms with van der Waals surface area (Å²) in [5, 5.41) is 12.9. The van der Waals surface area contributed by atoms with Crippen LogP contribution in [0.5, 0.6) is 5.75 Å². The Kier molecular flexibility index (Phi) is 7.55. The number of piperazine rings is 1. The topological polar surface area (TPSA) is 126 Å². The van der Waals surface area contributed by atoms with Crippen LogP contribution >= 0.6 is 11.6 Å². The van der Waals surface area contributed by atoms with Crippen LogP contribution in [0.15, 0.2) is 29.3 Å². The van der Waals surface area contributed by atoms with Gasteiger partial charge in [0, 0.05) is 69.1 Å². The van der Waals surface area contributed by atoms with Gasteiger partial charge in [0.15, 0.2) is 17.9 Å². The Bertz CT molecular complexity index is 1960. The molecule has 2 aliphatic heterocycles. The van der Waals surface area contributed by atoms with Gasteiger partial charge in [-0.3, -0.25) is 23.9 Å². The molecule has 7 rings (SSSR count). The number of anilines is 2. The van der Waals surface area contributed by atoms with E-state index >= 15 is 4.39 Å². The molecular weight excluding hydrogens is 620 g/mol. The number of hydrogen-bond donors (Lipinski definition) is 2. The summed E-state index contributed by atoms with van der Waals surface area (Å²) < 4.78 is 32.7. The Hall–Kier alpha value is -4.36. The van der Waals surface area contributed by atoms with E-state index in [0.29, 0.717) is 42.1 Å². The number of aromatic nitrogens is 4. The lowest BCUT2D eigenvalue weighted by atomic mass is 10.0. The predicted molar refractivity (Wildman–Crippen MR) is 169 cm³/mol. The molecule has 46 heavy (non-hydrogen) atoms. The zero-order valence-electron chi connectivity index (χ0n) is 25.2. The maximum absolute atomic E-state index is 15.2. The second-order valence-electron chi connectivity index (χ2n) is 12.7. The first kappa shape index (κ1) is 30.3. The van der Waals surface area contributed by atoms with Gasteiger partial charge in [0.1, 0.15) is 23.8 Å². The molecule has 1 amide bonds. The maximum Gasteiger partial charge on any atom is 0.263 e. The number of amides is 1. The molecule has 0 bridgehead atoms. The Balaban J connectivity index is 1.17. The highest BCUT2D eigenvalue weighted by molar-refractivity contribution is 6.33. The molecule has 2 N–H and O–H groups in total. The van der Waals surface area contributed by atoms with Gasteiger partial charge in [-0.25, -0.2) is 14.4 Å². The number of pyridine rings is 1. The van der Waals surface area contributed by atoms with Crippen LogP contribution in [0.2, 0.25) is 5.02 Å². The quantitative estimate of drug-likeness (QED) is 0.272. The number of aldehydes is 1. The van der Waals surface area contributed by atoms with E-state index in [9.17, 15) is 23.9 Å². The Labute approximate surface area is 267 Å². The van der Waals surface area contributed by atoms with Crippen molar-refractivity contribution in [2.75, 3.05) is 42.9 Å². The Morgan fingerprint density at radius 1 is 1.13 bits per heavy atom. The lowest BCUT2D eigenvalue weighted by molar-refractivity contribution is -0.116. The van der Waals surface area contributed by atoms with E-state index < -0.39 is 40.0 Å². The van der Waals surface area contributed by atoms with Crippen molar-refractivity contribution in [2.45, 2.75) is 45.7 Å². The number of aromatic hydroxyl groups is 1. The van der Waals surface area contributed by atoms with Crippen LogP contribution in [0, 0.1) is 17.0 Å². The molecule has 1 saturated heterocycles. The molecule has 11 nitrogen and oxygen atoms in total. The van der Waals surface area contributed by atoms with Gasteiger partial charge in [-0.2, -0.15) is 4.39 Å². The van der Waals surface area contributed by atoms with Gasteiger partial charge in [-0.05, 0) is 30.7 Å². The summed E-state index contributed by atoms with van der Waals surface area (Å²) in [5.41, 5.74) is -0.502. The zero-order chi connectivity index (χ0) is 32.3. The molecule has 14 heteroatoms. The van der Waals surface area contributed by atoms with Crippen LogP contribution in [0.4, 0.5) is 20.3 Å². The molecule has 0 spiro atoms. The molecule has 240 valence electrons. The number of benzene rings is 1. The number of nitrogens with one attached hydrogen (secondary N) is 1. The summed E-state index contributed by atoms with van der Waals surface area (Å²) in [5.74, 6) is -3.48. The van der Waals surface area contributed by atoms with Crippen LogP contribution in [0.3, 0.4) is 0 Å². The molecule has 0 atom stereocenters. The van der Waals surface area contributed by atoms with Crippen molar-refractivity contribution >= 4 is 46.3 Å². The fourth-order valence-electron chi connectivity index (χ4n) is 6.46. The van der Waals surface area contributed by atoms with Crippen LogP contribution in [0.1, 0.15) is 42.4 Å². The number of hydrogen-bond acceptors (Lipinski definition) is 8. The average Bonchev–Trinajstić information content (AvgIpc) is 3.40. The Morgan fingerprint density at radius 3 is 2.61 bits per heavy atom. The first-order valence-electron chi connectivity index (χ1n) is 15.3. The van der Waals surface area contributed by atoms with Gasteiger partial charge in [-0.1, -0.05) is 18.5 Å². The van der Waals surface area contributed by atoms with Gasteiger partial charge in [-0.15, -0.1) is 0 Å². The van der Waals surface area contributed by atoms with Gasteiger partial charge < -0.3 is 19.9 Å². The highest BCUT2D eigenvalue weighted by Crippen LogP contribution is 2.45. The minimum Gasteiger partial charge on any atom is -0.504 e. The monoisotopic (exact) mass is 651 g/mol. The molecule has 1 aromatic carbocycles. The number of carbonyl (C=O) groups is 2. The van der Waals surface area contributed by atoms with E-state index in [0.717, 1.165) is 38.8 Å². The van der Waals surface area contributed by atoms with Crippen LogP contribution < -0.4 is 15.8 Å². The molecular formula is C32H32ClF2N7O4. The third-order valence-electron chi connectivity index (χ3n) is 9.30. The van der Waals surface area contributed by atoms with Gasteiger partial charge in [0.25, 0.3) is 5.56 Å². The smallest absolute Gasteiger partial charge is 0.263 e. The van der Waals surface area contributed by atoms with Crippen molar-refractivity contribution in [3.05, 3.63) is 62.9 Å². The number of carbonyl (C=O) groups excluding carboxylic acids is 2. The normalized spacial score (nSPS) is 17.3. The van der Waals surface area contributed by atoms with Crippen LogP contribution in [-0.4, -0.2) is 74.0 Å². The second kappa shape index (κ2) is 11.5. The zero-order valence-corrected chi connectivity index (χ0v) is 25.9. The van der Waals surface area contributed by atoms with Crippen molar-refractivity contribution < 1.29 is 23.5 Å². The number of fused-ring (bicyclic) bond motifs is 2. The molecule has 3 aromatic heterocycles. The fraction of sp³-hybridized carbons (Fsp3) is 0.406. The summed E-state index contributed by atoms with van der Waals surface area (Å²) in [6.45, 7) is 6.92. The first-order valence-corrected chi connectivity index (χ1v) is 15.6. The van der Waals surface area contributed by atoms with E-state index in [1.54, 1.807) is 6.07 Å². The highest BCUT2D eigenvalue weighted by Gasteiger charge is 2.39. The van der Waals surface area contributed by atoms with Crippen molar-refractivity contribution in [3.63, 3.8) is 0 Å². The molecule has 1 aliphatic carbocycles. The minimum atomic E-state index is -1.62. The van der Waals surface area contributed by atoms with Gasteiger partial charge in [0.2, 0.25) is 11.7 Å². The summed E-state index contributed by atoms with van der Waals surface area (Å²) in [6.07, 6.45) is 6.79. The average molecular weight is 652 g/mol. The Morgan fingerprint density at radius 2 is 1.89 bits per heavy atom. The number of nitrogens with zero attached hydrogens (tertiary/aromatic N) is 6. The molecule has 2 fully saturated rings. The number of phenolic OH excluding ortho intramolecular Hbond substituents is 1. The standard InChI is InChI=1S/C32H32ClF2N7O4/c1-32(4-5-32)17-39-7-9-40(10-8-39)24-12-22(21(33)13-36-24)37-25(44)15-41-14-20(19-11-18(16-43)29(45)28(35)27(19)34)26-30(41)38-23-3-2-6-42(23)31(26)46/h11-14,16,45H,2-10,15,17H2,1H3,(H,36,37,44). The van der Waals surface area contributed by atoms with Gasteiger partial charge in [0.05, 0.1) is 27.9 Å². The van der Waals surface area contributed by atoms with Crippen molar-refractivity contribution in [2.24, 2.45) is 5.41 Å². The fourth-order valence-corrected chi connectivity index (χ4v) is 6.61. The number of aryl methyl sites for hydroxylation is 1. The maximum atomic E-state index is 15.2. The predicted octanol–water partition coefficient (Wildman–Crippen LogP) is 4.22. The highest BCUT2D eigenvalue weighted by atomic mass is 35.5. The number of rotatable bonds is 8.